The number of carbonyl (C=O) groups excluding carboxylic acids is 2. The summed E-state index contributed by atoms with van der Waals surface area (Å²) in [4.78, 5) is 24.0. The molecule has 0 aromatic heterocycles. The van der Waals surface area contributed by atoms with Crippen LogP contribution in [0.2, 0.25) is 0 Å². The number of carbonyl (C=O) groups is 2. The fourth-order valence-electron chi connectivity index (χ4n) is 2.25. The first kappa shape index (κ1) is 14.1. The van der Waals surface area contributed by atoms with Gasteiger partial charge in [-0.25, -0.2) is 0 Å². The van der Waals surface area contributed by atoms with Crippen LogP contribution in [0.15, 0.2) is 24.0 Å². The van der Waals surface area contributed by atoms with E-state index >= 15 is 0 Å². The van der Waals surface area contributed by atoms with Crippen LogP contribution in [0, 0.1) is 11.8 Å². The van der Waals surface area contributed by atoms with Gasteiger partial charge in [-0.15, -0.1) is 4.67 Å². The molecule has 1 amide bonds. The van der Waals surface area contributed by atoms with Gasteiger partial charge in [0.05, 0.1) is 6.61 Å². The number of rotatable bonds is 3. The van der Waals surface area contributed by atoms with Gasteiger partial charge in [0.2, 0.25) is 5.92 Å². The zero-order chi connectivity index (χ0) is 14.7. The molecule has 0 aromatic rings. The molecule has 1 N–H and O–H groups in total. The Labute approximate surface area is 117 Å². The number of ether oxygens (including phenoxy) is 1. The first-order chi connectivity index (χ1) is 9.62. The van der Waals surface area contributed by atoms with Crippen molar-refractivity contribution in [2.75, 3.05) is 6.61 Å². The zero-order valence-electron chi connectivity index (χ0n) is 11.6. The molecule has 2 aliphatic heterocycles. The molecule has 2 unspecified atom stereocenters. The maximum Gasteiger partial charge on any atom is 0.351 e. The van der Waals surface area contributed by atoms with Crippen molar-refractivity contribution in [3.63, 3.8) is 0 Å². The third-order valence-electron chi connectivity index (χ3n) is 3.31. The van der Waals surface area contributed by atoms with Crippen molar-refractivity contribution >= 4 is 24.3 Å². The number of hydrazine groups is 1. The van der Waals surface area contributed by atoms with E-state index < -0.39 is 17.8 Å². The maximum absolute atomic E-state index is 12.1. The molecule has 0 aliphatic carbocycles. The van der Waals surface area contributed by atoms with Crippen LogP contribution in [0.25, 0.3) is 0 Å². The van der Waals surface area contributed by atoms with Crippen LogP contribution in [0.5, 0.6) is 0 Å². The van der Waals surface area contributed by atoms with Crippen LogP contribution in [0.3, 0.4) is 0 Å². The number of nitrogens with zero attached hydrogens (tertiary/aromatic N) is 2. The van der Waals surface area contributed by atoms with Crippen molar-refractivity contribution < 1.29 is 14.3 Å². The first-order valence-electron chi connectivity index (χ1n) is 6.62. The Kier molecular flexibility index (Phi) is 4.05. The molecule has 2 atom stereocenters. The van der Waals surface area contributed by atoms with Gasteiger partial charge >= 0.3 is 11.7 Å². The molecule has 2 heterocycles. The number of allylic oxidation sites excluding steroid dienone is 3. The van der Waals surface area contributed by atoms with E-state index in [-0.39, 0.29) is 12.5 Å². The third kappa shape index (κ3) is 2.38. The monoisotopic (exact) mass is 276 g/mol. The van der Waals surface area contributed by atoms with Crippen LogP contribution >= 0.6 is 0 Å². The van der Waals surface area contributed by atoms with E-state index in [0.29, 0.717) is 11.4 Å². The maximum atomic E-state index is 12.1. The second-order valence-corrected chi connectivity index (χ2v) is 4.54. The molecule has 6 heteroatoms. The smallest absolute Gasteiger partial charge is 0.351 e. The molecule has 0 bridgehead atoms. The van der Waals surface area contributed by atoms with E-state index in [1.165, 1.54) is 0 Å². The summed E-state index contributed by atoms with van der Waals surface area (Å²) < 4.78 is 8.84. The van der Waals surface area contributed by atoms with E-state index in [9.17, 15) is 9.59 Å². The van der Waals surface area contributed by atoms with Gasteiger partial charge < -0.3 is 4.74 Å². The van der Waals surface area contributed by atoms with Crippen molar-refractivity contribution in [2.45, 2.75) is 20.3 Å². The molecule has 0 saturated carbocycles. The zero-order valence-corrected chi connectivity index (χ0v) is 11.6. The van der Waals surface area contributed by atoms with Gasteiger partial charge in [0.25, 0.3) is 12.6 Å². The Bertz CT molecular complexity index is 544. The van der Waals surface area contributed by atoms with Gasteiger partial charge in [0, 0.05) is 6.20 Å². The van der Waals surface area contributed by atoms with Crippen LogP contribution in [0.1, 0.15) is 20.3 Å². The summed E-state index contributed by atoms with van der Waals surface area (Å²) in [5.41, 5.74) is 3.68. The second-order valence-electron chi connectivity index (χ2n) is 4.54. The summed E-state index contributed by atoms with van der Waals surface area (Å²) in [6.07, 6.45) is 6.65. The minimum atomic E-state index is -1.06. The number of amides is 1. The van der Waals surface area contributed by atoms with Crippen molar-refractivity contribution in [2.24, 2.45) is 11.8 Å². The van der Waals surface area contributed by atoms with Gasteiger partial charge in [-0.1, -0.05) is 13.0 Å². The van der Waals surface area contributed by atoms with Crippen LogP contribution in [-0.2, 0) is 14.3 Å². The lowest BCUT2D eigenvalue weighted by atomic mass is 9.92. The molecule has 6 nitrogen and oxygen atoms in total. The van der Waals surface area contributed by atoms with Gasteiger partial charge in [0.1, 0.15) is 5.70 Å². The molecule has 1 fully saturated rings. The highest BCUT2D eigenvalue weighted by Gasteiger charge is 2.48. The largest absolute Gasteiger partial charge is 0.465 e. The van der Waals surface area contributed by atoms with Crippen LogP contribution in [0.4, 0.5) is 0 Å². The summed E-state index contributed by atoms with van der Waals surface area (Å²) in [5, 5.41) is 1.56. The molecule has 1 saturated heterocycles. The minimum absolute atomic E-state index is 0.216. The summed E-state index contributed by atoms with van der Waals surface area (Å²) in [7, 11) is 0. The Morgan fingerprint density at radius 3 is 2.90 bits per heavy atom. The first-order valence-corrected chi connectivity index (χ1v) is 6.62. The minimum Gasteiger partial charge on any atom is -0.465 e. The fourth-order valence-corrected chi connectivity index (χ4v) is 2.25. The highest BCUT2D eigenvalue weighted by Crippen LogP contribution is 2.25. The Hall–Kier alpha value is -2.33. The van der Waals surface area contributed by atoms with Crippen molar-refractivity contribution in [1.82, 2.24) is 15.1 Å². The fraction of sp³-hybridized carbons (Fsp3) is 0.429. The molecular weight excluding hydrogens is 258 g/mol. The number of nitrogens with one attached hydrogen (secondary N) is 1. The van der Waals surface area contributed by atoms with Gasteiger partial charge in [-0.3, -0.25) is 20.0 Å². The summed E-state index contributed by atoms with van der Waals surface area (Å²) in [5.74, 6) is -1.87. The van der Waals surface area contributed by atoms with Crippen LogP contribution in [-0.4, -0.2) is 35.9 Å². The predicted molar refractivity (Wildman–Crippen MR) is 75.4 cm³/mol. The quantitative estimate of drug-likeness (QED) is 0.345. The standard InChI is InChI=1S/C14H17N3O3/c1-4-9-6-7-17-10(8-9)12(15-3)11(13(18)16-17)14(19)20-5-2/h6-9,11H,3-5H2,1-2H3/p+1. The van der Waals surface area contributed by atoms with E-state index in [2.05, 4.69) is 23.7 Å². The Morgan fingerprint density at radius 1 is 1.55 bits per heavy atom. The van der Waals surface area contributed by atoms with Gasteiger partial charge in [-0.05, 0) is 25.3 Å². The number of fused-ring (bicyclic) bond motifs is 1. The summed E-state index contributed by atoms with van der Waals surface area (Å²) in [6.45, 7) is 7.46. The predicted octanol–water partition coefficient (Wildman–Crippen LogP) is 0.159. The van der Waals surface area contributed by atoms with E-state index in [1.54, 1.807) is 18.1 Å². The average Bonchev–Trinajstić information content (AvgIpc) is 2.45. The topological polar surface area (TPSA) is 72.7 Å². The summed E-state index contributed by atoms with van der Waals surface area (Å²) >= 11 is 0. The molecule has 106 valence electrons. The Morgan fingerprint density at radius 2 is 2.30 bits per heavy atom. The molecular formula is C14H18N3O3+. The lowest BCUT2D eigenvalue weighted by Gasteiger charge is -2.31. The van der Waals surface area contributed by atoms with Crippen molar-refractivity contribution in [1.29, 1.82) is 0 Å². The van der Waals surface area contributed by atoms with Crippen molar-refractivity contribution in [3.8, 4) is 0 Å². The molecule has 0 spiro atoms. The number of hydrogen-bond donors (Lipinski definition) is 1. The SMILES string of the molecule is C=[N+]=C1C2=CC(CC)C=CN2NC(=O)C1C(=O)OCC. The van der Waals surface area contributed by atoms with E-state index in [0.717, 1.165) is 6.42 Å². The number of esters is 1. The molecule has 0 radical (unpaired) electrons. The number of hydrogen-bond acceptors (Lipinski definition) is 4. The second kappa shape index (κ2) is 5.75. The lowest BCUT2D eigenvalue weighted by molar-refractivity contribution is -0.150. The molecule has 2 rings (SSSR count). The lowest BCUT2D eigenvalue weighted by Crippen LogP contribution is -2.56. The third-order valence-corrected chi connectivity index (χ3v) is 3.31. The van der Waals surface area contributed by atoms with Crippen molar-refractivity contribution in [3.05, 3.63) is 24.0 Å². The molecule has 0 aromatic carbocycles. The van der Waals surface area contributed by atoms with Gasteiger partial charge in [-0.2, -0.15) is 0 Å². The van der Waals surface area contributed by atoms with E-state index in [1.807, 2.05) is 12.2 Å². The summed E-state index contributed by atoms with van der Waals surface area (Å²) in [6, 6.07) is 0. The molecule has 20 heavy (non-hydrogen) atoms. The molecule has 2 aliphatic rings. The van der Waals surface area contributed by atoms with E-state index in [4.69, 9.17) is 4.74 Å². The average molecular weight is 276 g/mol. The Balaban J connectivity index is 2.38. The highest BCUT2D eigenvalue weighted by atomic mass is 16.5. The van der Waals surface area contributed by atoms with Gasteiger partial charge in [0.15, 0.2) is 0 Å². The van der Waals surface area contributed by atoms with Crippen LogP contribution < -0.4 is 10.1 Å². The normalized spacial score (nSPS) is 24.5. The highest BCUT2D eigenvalue weighted by molar-refractivity contribution is 6.25.